The molecule has 2 rings (SSSR count). The molecule has 18 heavy (non-hydrogen) atoms. The average Bonchev–Trinajstić information content (AvgIpc) is 2.82. The van der Waals surface area contributed by atoms with Gasteiger partial charge in [-0.1, -0.05) is 6.07 Å². The molecule has 4 nitrogen and oxygen atoms in total. The summed E-state index contributed by atoms with van der Waals surface area (Å²) in [5.74, 6) is 0.139. The lowest BCUT2D eigenvalue weighted by Gasteiger charge is -2.31. The summed E-state index contributed by atoms with van der Waals surface area (Å²) < 4.78 is 0. The first kappa shape index (κ1) is 13.5. The first-order chi connectivity index (χ1) is 8.74. The van der Waals surface area contributed by atoms with Crippen molar-refractivity contribution in [1.29, 1.82) is 0 Å². The van der Waals surface area contributed by atoms with Crippen LogP contribution in [0.2, 0.25) is 0 Å². The van der Waals surface area contributed by atoms with Crippen molar-refractivity contribution in [2.75, 3.05) is 32.7 Å². The quantitative estimate of drug-likeness (QED) is 0.825. The second-order valence-electron chi connectivity index (χ2n) is 4.77. The van der Waals surface area contributed by atoms with Gasteiger partial charge in [0.1, 0.15) is 0 Å². The second-order valence-corrected chi connectivity index (χ2v) is 5.80. The molecule has 100 valence electrons. The standard InChI is InChI=1S/C13H21N3OS/c1-11-9-16(7-6-14-11)10-13(17)15-5-4-12-3-2-8-18-12/h2-3,8,11,14H,4-7,9-10H2,1H3,(H,15,17). The monoisotopic (exact) mass is 267 g/mol. The summed E-state index contributed by atoms with van der Waals surface area (Å²) >= 11 is 1.74. The molecular weight excluding hydrogens is 246 g/mol. The Bertz CT molecular complexity index is 366. The Morgan fingerprint density at radius 2 is 2.56 bits per heavy atom. The molecule has 1 amide bonds. The number of thiophene rings is 1. The van der Waals surface area contributed by atoms with Crippen molar-refractivity contribution in [2.24, 2.45) is 0 Å². The maximum absolute atomic E-state index is 11.8. The van der Waals surface area contributed by atoms with Gasteiger partial charge in [-0.25, -0.2) is 0 Å². The Hall–Kier alpha value is -0.910. The van der Waals surface area contributed by atoms with Gasteiger partial charge in [-0.15, -0.1) is 11.3 Å². The number of hydrogen-bond acceptors (Lipinski definition) is 4. The fourth-order valence-electron chi connectivity index (χ4n) is 2.19. The number of amides is 1. The molecule has 2 heterocycles. The molecule has 1 aromatic heterocycles. The highest BCUT2D eigenvalue weighted by Gasteiger charge is 2.17. The summed E-state index contributed by atoms with van der Waals surface area (Å²) in [6.07, 6.45) is 0.932. The minimum atomic E-state index is 0.139. The third-order valence-electron chi connectivity index (χ3n) is 3.09. The molecule has 0 aliphatic carbocycles. The SMILES string of the molecule is CC1CN(CC(=O)NCCc2cccs2)CCN1. The Kier molecular flexibility index (Phi) is 5.16. The van der Waals surface area contributed by atoms with Crippen LogP contribution in [0.25, 0.3) is 0 Å². The van der Waals surface area contributed by atoms with Gasteiger partial charge in [0.25, 0.3) is 0 Å². The maximum atomic E-state index is 11.8. The fourth-order valence-corrected chi connectivity index (χ4v) is 2.90. The highest BCUT2D eigenvalue weighted by atomic mass is 32.1. The molecule has 0 saturated carbocycles. The van der Waals surface area contributed by atoms with E-state index in [1.807, 2.05) is 6.07 Å². The predicted molar refractivity (Wildman–Crippen MR) is 74.9 cm³/mol. The van der Waals surface area contributed by atoms with Crippen LogP contribution in [0.5, 0.6) is 0 Å². The summed E-state index contributed by atoms with van der Waals surface area (Å²) in [6.45, 7) is 6.31. The Labute approximate surface area is 112 Å². The predicted octanol–water partition coefficient (Wildman–Crippen LogP) is 0.700. The van der Waals surface area contributed by atoms with Crippen LogP contribution in [-0.2, 0) is 11.2 Å². The van der Waals surface area contributed by atoms with E-state index in [1.54, 1.807) is 11.3 Å². The van der Waals surface area contributed by atoms with E-state index in [4.69, 9.17) is 0 Å². The summed E-state index contributed by atoms with van der Waals surface area (Å²) in [4.78, 5) is 15.3. The molecule has 5 heteroatoms. The van der Waals surface area contributed by atoms with Gasteiger partial charge < -0.3 is 10.6 Å². The number of piperazine rings is 1. The summed E-state index contributed by atoms with van der Waals surface area (Å²) in [5.41, 5.74) is 0. The first-order valence-corrected chi connectivity index (χ1v) is 7.37. The van der Waals surface area contributed by atoms with E-state index in [0.29, 0.717) is 12.6 Å². The van der Waals surface area contributed by atoms with Crippen LogP contribution < -0.4 is 10.6 Å². The number of carbonyl (C=O) groups excluding carboxylic acids is 1. The van der Waals surface area contributed by atoms with Gasteiger partial charge in [-0.2, -0.15) is 0 Å². The highest BCUT2D eigenvalue weighted by molar-refractivity contribution is 7.09. The van der Waals surface area contributed by atoms with Crippen LogP contribution >= 0.6 is 11.3 Å². The average molecular weight is 267 g/mol. The van der Waals surface area contributed by atoms with Crippen molar-refractivity contribution in [3.63, 3.8) is 0 Å². The third-order valence-corrected chi connectivity index (χ3v) is 4.03. The Balaban J connectivity index is 1.62. The second kappa shape index (κ2) is 6.87. The Morgan fingerprint density at radius 1 is 1.67 bits per heavy atom. The molecule has 0 radical (unpaired) electrons. The third kappa shape index (κ3) is 4.40. The lowest BCUT2D eigenvalue weighted by Crippen LogP contribution is -2.51. The van der Waals surface area contributed by atoms with E-state index in [9.17, 15) is 4.79 Å². The number of hydrogen-bond donors (Lipinski definition) is 2. The minimum Gasteiger partial charge on any atom is -0.355 e. The van der Waals surface area contributed by atoms with E-state index >= 15 is 0 Å². The van der Waals surface area contributed by atoms with Crippen molar-refractivity contribution in [2.45, 2.75) is 19.4 Å². The zero-order valence-electron chi connectivity index (χ0n) is 10.8. The van der Waals surface area contributed by atoms with E-state index in [2.05, 4.69) is 33.9 Å². The molecule has 1 atom stereocenters. The van der Waals surface area contributed by atoms with Crippen molar-refractivity contribution < 1.29 is 4.79 Å². The van der Waals surface area contributed by atoms with E-state index in [0.717, 1.165) is 32.6 Å². The van der Waals surface area contributed by atoms with Crippen molar-refractivity contribution >= 4 is 17.2 Å². The lowest BCUT2D eigenvalue weighted by atomic mass is 10.2. The van der Waals surface area contributed by atoms with Gasteiger partial charge in [0, 0.05) is 37.1 Å². The van der Waals surface area contributed by atoms with E-state index < -0.39 is 0 Å². The number of carbonyl (C=O) groups is 1. The number of rotatable bonds is 5. The zero-order valence-corrected chi connectivity index (χ0v) is 11.6. The molecule has 1 aliphatic rings. The molecule has 1 fully saturated rings. The van der Waals surface area contributed by atoms with Crippen LogP contribution in [-0.4, -0.2) is 49.6 Å². The summed E-state index contributed by atoms with van der Waals surface area (Å²) in [5, 5.41) is 8.43. The topological polar surface area (TPSA) is 44.4 Å². The maximum Gasteiger partial charge on any atom is 0.234 e. The lowest BCUT2D eigenvalue weighted by molar-refractivity contribution is -0.122. The van der Waals surface area contributed by atoms with Crippen LogP contribution in [0.4, 0.5) is 0 Å². The van der Waals surface area contributed by atoms with Gasteiger partial charge >= 0.3 is 0 Å². The van der Waals surface area contributed by atoms with Crippen LogP contribution in [0.1, 0.15) is 11.8 Å². The van der Waals surface area contributed by atoms with Crippen molar-refractivity contribution in [3.8, 4) is 0 Å². The van der Waals surface area contributed by atoms with E-state index in [1.165, 1.54) is 4.88 Å². The van der Waals surface area contributed by atoms with Crippen LogP contribution in [0.15, 0.2) is 17.5 Å². The minimum absolute atomic E-state index is 0.139. The van der Waals surface area contributed by atoms with Gasteiger partial charge in [0.05, 0.1) is 6.54 Å². The van der Waals surface area contributed by atoms with Gasteiger partial charge in [-0.3, -0.25) is 9.69 Å². The van der Waals surface area contributed by atoms with Crippen molar-refractivity contribution in [3.05, 3.63) is 22.4 Å². The largest absolute Gasteiger partial charge is 0.355 e. The molecule has 0 aromatic carbocycles. The normalized spacial score (nSPS) is 20.8. The van der Waals surface area contributed by atoms with Crippen molar-refractivity contribution in [1.82, 2.24) is 15.5 Å². The zero-order chi connectivity index (χ0) is 12.8. The summed E-state index contributed by atoms with van der Waals surface area (Å²) in [6, 6.07) is 4.64. The molecule has 1 aliphatic heterocycles. The molecule has 1 aromatic rings. The summed E-state index contributed by atoms with van der Waals surface area (Å²) in [7, 11) is 0. The molecule has 1 saturated heterocycles. The molecule has 1 unspecified atom stereocenters. The number of nitrogens with one attached hydrogen (secondary N) is 2. The number of nitrogens with zero attached hydrogens (tertiary/aromatic N) is 1. The smallest absolute Gasteiger partial charge is 0.234 e. The molecule has 0 spiro atoms. The van der Waals surface area contributed by atoms with Gasteiger partial charge in [-0.05, 0) is 24.8 Å². The molecule has 2 N–H and O–H groups in total. The van der Waals surface area contributed by atoms with Gasteiger partial charge in [0.15, 0.2) is 0 Å². The van der Waals surface area contributed by atoms with Crippen LogP contribution in [0, 0.1) is 0 Å². The Morgan fingerprint density at radius 3 is 3.28 bits per heavy atom. The molecular formula is C13H21N3OS. The molecule has 0 bridgehead atoms. The van der Waals surface area contributed by atoms with Crippen LogP contribution in [0.3, 0.4) is 0 Å². The van der Waals surface area contributed by atoms with Gasteiger partial charge in [0.2, 0.25) is 5.91 Å². The first-order valence-electron chi connectivity index (χ1n) is 6.49. The van der Waals surface area contributed by atoms with E-state index in [-0.39, 0.29) is 5.91 Å². The highest BCUT2D eigenvalue weighted by Crippen LogP contribution is 2.08. The fraction of sp³-hybridized carbons (Fsp3) is 0.615.